The molecule has 0 atom stereocenters. The second kappa shape index (κ2) is 8.12. The molecule has 0 aliphatic heterocycles. The molecule has 0 fully saturated rings. The van der Waals surface area contributed by atoms with Crippen molar-refractivity contribution >= 4 is 41.6 Å². The standard InChI is InChI=1S/C13H16BrClO5S/c1-9(2)8-19-3-4-20-13(16)10-5-11(14)7-12(6-10)21(15,17)18/h5-7,9H,3-4,8H2,1-2H3. The predicted molar refractivity (Wildman–Crippen MR) is 83.1 cm³/mol. The van der Waals surface area contributed by atoms with Gasteiger partial charge in [-0.1, -0.05) is 29.8 Å². The molecule has 1 aromatic carbocycles. The number of carbonyl (C=O) groups is 1. The molecule has 0 heterocycles. The van der Waals surface area contributed by atoms with Crippen LogP contribution in [0.1, 0.15) is 24.2 Å². The molecule has 0 saturated heterocycles. The Balaban J connectivity index is 2.64. The van der Waals surface area contributed by atoms with Crippen LogP contribution < -0.4 is 0 Å². The lowest BCUT2D eigenvalue weighted by Gasteiger charge is -2.08. The molecule has 0 radical (unpaired) electrons. The number of rotatable bonds is 7. The molecule has 118 valence electrons. The Morgan fingerprint density at radius 1 is 1.29 bits per heavy atom. The Labute approximate surface area is 137 Å². The van der Waals surface area contributed by atoms with Gasteiger partial charge in [-0.25, -0.2) is 13.2 Å². The van der Waals surface area contributed by atoms with Crippen molar-refractivity contribution in [3.05, 3.63) is 28.2 Å². The lowest BCUT2D eigenvalue weighted by molar-refractivity contribution is 0.0277. The van der Waals surface area contributed by atoms with Crippen molar-refractivity contribution in [3.8, 4) is 0 Å². The molecule has 1 aromatic rings. The van der Waals surface area contributed by atoms with Crippen LogP contribution in [-0.2, 0) is 18.5 Å². The van der Waals surface area contributed by atoms with Crippen LogP contribution in [-0.4, -0.2) is 34.2 Å². The van der Waals surface area contributed by atoms with Crippen LogP contribution in [0.15, 0.2) is 27.6 Å². The topological polar surface area (TPSA) is 69.7 Å². The van der Waals surface area contributed by atoms with Crippen molar-refractivity contribution in [1.82, 2.24) is 0 Å². The summed E-state index contributed by atoms with van der Waals surface area (Å²) in [6.07, 6.45) is 0. The summed E-state index contributed by atoms with van der Waals surface area (Å²) < 4.78 is 33.3. The smallest absolute Gasteiger partial charge is 0.338 e. The summed E-state index contributed by atoms with van der Waals surface area (Å²) >= 11 is 3.13. The maximum atomic E-state index is 11.8. The lowest BCUT2D eigenvalue weighted by Crippen LogP contribution is -2.13. The molecule has 0 aromatic heterocycles. The van der Waals surface area contributed by atoms with Gasteiger partial charge in [0.15, 0.2) is 0 Å². The number of hydrogen-bond donors (Lipinski definition) is 0. The van der Waals surface area contributed by atoms with Crippen molar-refractivity contribution in [2.24, 2.45) is 5.92 Å². The Hall–Kier alpha value is -0.630. The lowest BCUT2D eigenvalue weighted by atomic mass is 10.2. The van der Waals surface area contributed by atoms with E-state index in [0.717, 1.165) is 0 Å². The maximum absolute atomic E-state index is 11.8. The monoisotopic (exact) mass is 398 g/mol. The molecular formula is C13H16BrClO5S. The van der Waals surface area contributed by atoms with Gasteiger partial charge in [0.25, 0.3) is 9.05 Å². The van der Waals surface area contributed by atoms with Crippen molar-refractivity contribution in [2.45, 2.75) is 18.7 Å². The van der Waals surface area contributed by atoms with Gasteiger partial charge in [-0.15, -0.1) is 0 Å². The zero-order chi connectivity index (χ0) is 16.0. The minimum Gasteiger partial charge on any atom is -0.460 e. The molecule has 0 saturated carbocycles. The molecule has 0 spiro atoms. The molecule has 0 amide bonds. The number of ether oxygens (including phenoxy) is 2. The summed E-state index contributed by atoms with van der Waals surface area (Å²) in [5, 5.41) is 0. The van der Waals surface area contributed by atoms with E-state index >= 15 is 0 Å². The highest BCUT2D eigenvalue weighted by molar-refractivity contribution is 9.10. The van der Waals surface area contributed by atoms with Gasteiger partial charge in [0, 0.05) is 21.8 Å². The minimum absolute atomic E-state index is 0.0982. The quantitative estimate of drug-likeness (QED) is 0.400. The van der Waals surface area contributed by atoms with Crippen LogP contribution in [0.3, 0.4) is 0 Å². The van der Waals surface area contributed by atoms with Crippen molar-refractivity contribution in [3.63, 3.8) is 0 Å². The van der Waals surface area contributed by atoms with Gasteiger partial charge < -0.3 is 9.47 Å². The fourth-order valence-corrected chi connectivity index (χ4v) is 2.86. The van der Waals surface area contributed by atoms with Gasteiger partial charge in [-0.05, 0) is 24.1 Å². The molecule has 0 N–H and O–H groups in total. The van der Waals surface area contributed by atoms with Gasteiger partial charge in [0.2, 0.25) is 0 Å². The Morgan fingerprint density at radius 2 is 1.95 bits per heavy atom. The van der Waals surface area contributed by atoms with E-state index in [4.69, 9.17) is 20.2 Å². The molecule has 0 unspecified atom stereocenters. The molecular weight excluding hydrogens is 384 g/mol. The molecule has 8 heteroatoms. The highest BCUT2D eigenvalue weighted by atomic mass is 79.9. The second-order valence-corrected chi connectivity index (χ2v) is 8.20. The van der Waals surface area contributed by atoms with E-state index in [9.17, 15) is 13.2 Å². The first-order valence-corrected chi connectivity index (χ1v) is 9.30. The van der Waals surface area contributed by atoms with Crippen LogP contribution in [0.4, 0.5) is 0 Å². The summed E-state index contributed by atoms with van der Waals surface area (Å²) in [5.41, 5.74) is 0.104. The maximum Gasteiger partial charge on any atom is 0.338 e. The number of halogens is 2. The second-order valence-electron chi connectivity index (χ2n) is 4.72. The largest absolute Gasteiger partial charge is 0.460 e. The Kier molecular flexibility index (Phi) is 7.12. The summed E-state index contributed by atoms with van der Waals surface area (Å²) in [5.74, 6) is -0.228. The predicted octanol–water partition coefficient (Wildman–Crippen LogP) is 3.21. The number of carbonyl (C=O) groups excluding carboxylic acids is 1. The zero-order valence-corrected chi connectivity index (χ0v) is 14.8. The Bertz CT molecular complexity index is 601. The van der Waals surface area contributed by atoms with Gasteiger partial charge in [-0.3, -0.25) is 0 Å². The van der Waals surface area contributed by atoms with Crippen molar-refractivity contribution in [2.75, 3.05) is 19.8 Å². The van der Waals surface area contributed by atoms with E-state index in [-0.39, 0.29) is 17.1 Å². The van der Waals surface area contributed by atoms with E-state index in [2.05, 4.69) is 15.9 Å². The average molecular weight is 400 g/mol. The van der Waals surface area contributed by atoms with Crippen LogP contribution in [0, 0.1) is 5.92 Å². The number of esters is 1. The van der Waals surface area contributed by atoms with Crippen LogP contribution in [0.25, 0.3) is 0 Å². The number of hydrogen-bond acceptors (Lipinski definition) is 5. The first kappa shape index (κ1) is 18.4. The fraction of sp³-hybridized carbons (Fsp3) is 0.462. The molecule has 0 bridgehead atoms. The van der Waals surface area contributed by atoms with E-state index in [0.29, 0.717) is 23.6 Å². The summed E-state index contributed by atoms with van der Waals surface area (Å²) in [6.45, 7) is 5.01. The average Bonchev–Trinajstić information content (AvgIpc) is 2.36. The van der Waals surface area contributed by atoms with Crippen molar-refractivity contribution < 1.29 is 22.7 Å². The van der Waals surface area contributed by atoms with Crippen molar-refractivity contribution in [1.29, 1.82) is 0 Å². The van der Waals surface area contributed by atoms with E-state index < -0.39 is 15.0 Å². The molecule has 5 nitrogen and oxygen atoms in total. The molecule has 21 heavy (non-hydrogen) atoms. The van der Waals surface area contributed by atoms with Gasteiger partial charge in [0.1, 0.15) is 6.61 Å². The van der Waals surface area contributed by atoms with E-state index in [1.165, 1.54) is 18.2 Å². The highest BCUT2D eigenvalue weighted by Gasteiger charge is 2.16. The zero-order valence-electron chi connectivity index (χ0n) is 11.6. The normalized spacial score (nSPS) is 11.7. The molecule has 0 aliphatic carbocycles. The third-order valence-corrected chi connectivity index (χ3v) is 4.09. The SMILES string of the molecule is CC(C)COCCOC(=O)c1cc(Br)cc(S(=O)(=O)Cl)c1. The summed E-state index contributed by atoms with van der Waals surface area (Å²) in [4.78, 5) is 11.7. The first-order chi connectivity index (χ1) is 9.70. The van der Waals surface area contributed by atoms with Crippen LogP contribution >= 0.6 is 26.6 Å². The number of benzene rings is 1. The van der Waals surface area contributed by atoms with E-state index in [1.807, 2.05) is 13.8 Å². The summed E-state index contributed by atoms with van der Waals surface area (Å²) in [7, 11) is 1.35. The first-order valence-electron chi connectivity index (χ1n) is 6.20. The Morgan fingerprint density at radius 3 is 2.52 bits per heavy atom. The highest BCUT2D eigenvalue weighted by Crippen LogP contribution is 2.22. The third-order valence-electron chi connectivity index (χ3n) is 2.30. The molecule has 1 rings (SSSR count). The molecule has 0 aliphatic rings. The van der Waals surface area contributed by atoms with Gasteiger partial charge in [0.05, 0.1) is 17.1 Å². The van der Waals surface area contributed by atoms with Crippen LogP contribution in [0.2, 0.25) is 0 Å². The summed E-state index contributed by atoms with van der Waals surface area (Å²) in [6, 6.07) is 3.94. The fourth-order valence-electron chi connectivity index (χ4n) is 1.42. The van der Waals surface area contributed by atoms with Gasteiger partial charge in [-0.2, -0.15) is 0 Å². The third kappa shape index (κ3) is 6.78. The minimum atomic E-state index is -3.91. The van der Waals surface area contributed by atoms with E-state index in [1.54, 1.807) is 0 Å². The van der Waals surface area contributed by atoms with Crippen LogP contribution in [0.5, 0.6) is 0 Å². The van der Waals surface area contributed by atoms with Gasteiger partial charge >= 0.3 is 5.97 Å².